The molecule has 1 atom stereocenters. The first-order valence-electron chi connectivity index (χ1n) is 6.93. The highest BCUT2D eigenvalue weighted by molar-refractivity contribution is 8.03. The average molecular weight is 324 g/mol. The zero-order chi connectivity index (χ0) is 16.2. The Hall–Kier alpha value is -2.78. The Balaban J connectivity index is 1.70. The van der Waals surface area contributed by atoms with E-state index in [0.29, 0.717) is 17.7 Å². The monoisotopic (exact) mass is 324 g/mol. The SMILES string of the molecule is N#CSc1ccc(NC(=O)C2Cc3ccccc3C(=O)O2)cc1. The van der Waals surface area contributed by atoms with Gasteiger partial charge in [0, 0.05) is 17.0 Å². The molecular formula is C17H12N2O3S. The van der Waals surface area contributed by atoms with Crippen LogP contribution in [0.15, 0.2) is 53.4 Å². The molecule has 0 bridgehead atoms. The van der Waals surface area contributed by atoms with Crippen LogP contribution in [0.2, 0.25) is 0 Å². The summed E-state index contributed by atoms with van der Waals surface area (Å²) >= 11 is 1.05. The summed E-state index contributed by atoms with van der Waals surface area (Å²) in [4.78, 5) is 25.0. The van der Waals surface area contributed by atoms with Crippen LogP contribution in [0.4, 0.5) is 5.69 Å². The Morgan fingerprint density at radius 1 is 1.22 bits per heavy atom. The maximum absolute atomic E-state index is 12.3. The minimum atomic E-state index is -0.842. The van der Waals surface area contributed by atoms with Crippen LogP contribution in [-0.2, 0) is 16.0 Å². The molecule has 1 N–H and O–H groups in total. The summed E-state index contributed by atoms with van der Waals surface area (Å²) in [5, 5.41) is 13.3. The molecule has 0 aromatic heterocycles. The number of carbonyl (C=O) groups excluding carboxylic acids is 2. The second-order valence-electron chi connectivity index (χ2n) is 4.96. The Labute approximate surface area is 137 Å². The number of hydrogen-bond acceptors (Lipinski definition) is 5. The number of nitrogens with zero attached hydrogens (tertiary/aromatic N) is 1. The van der Waals surface area contributed by atoms with Gasteiger partial charge in [-0.05, 0) is 47.7 Å². The van der Waals surface area contributed by atoms with E-state index in [9.17, 15) is 9.59 Å². The molecule has 3 rings (SSSR count). The lowest BCUT2D eigenvalue weighted by atomic mass is 9.98. The van der Waals surface area contributed by atoms with Crippen LogP contribution in [0.3, 0.4) is 0 Å². The van der Waals surface area contributed by atoms with Crippen LogP contribution in [0, 0.1) is 10.7 Å². The van der Waals surface area contributed by atoms with E-state index < -0.39 is 12.1 Å². The van der Waals surface area contributed by atoms with Crippen LogP contribution in [0.25, 0.3) is 0 Å². The third-order valence-electron chi connectivity index (χ3n) is 3.47. The minimum absolute atomic E-state index is 0.357. The van der Waals surface area contributed by atoms with Crippen molar-refractivity contribution in [1.29, 1.82) is 5.26 Å². The van der Waals surface area contributed by atoms with Gasteiger partial charge in [0.1, 0.15) is 5.40 Å². The molecule has 114 valence electrons. The van der Waals surface area contributed by atoms with E-state index in [1.807, 2.05) is 17.5 Å². The van der Waals surface area contributed by atoms with Gasteiger partial charge in [-0.25, -0.2) is 4.79 Å². The molecule has 1 aliphatic rings. The first-order valence-corrected chi connectivity index (χ1v) is 7.75. The zero-order valence-electron chi connectivity index (χ0n) is 12.0. The van der Waals surface area contributed by atoms with Crippen molar-refractivity contribution in [2.45, 2.75) is 17.4 Å². The van der Waals surface area contributed by atoms with Gasteiger partial charge in [0.05, 0.1) is 5.56 Å². The summed E-state index contributed by atoms with van der Waals surface area (Å²) in [5.74, 6) is -0.846. The van der Waals surface area contributed by atoms with Gasteiger partial charge in [0.2, 0.25) is 0 Å². The van der Waals surface area contributed by atoms with E-state index in [0.717, 1.165) is 22.2 Å². The molecule has 0 radical (unpaired) electrons. The van der Waals surface area contributed by atoms with Gasteiger partial charge in [0.15, 0.2) is 6.10 Å². The van der Waals surface area contributed by atoms with E-state index >= 15 is 0 Å². The van der Waals surface area contributed by atoms with Gasteiger partial charge in [-0.3, -0.25) is 4.79 Å². The number of cyclic esters (lactones) is 1. The fraction of sp³-hybridized carbons (Fsp3) is 0.118. The third kappa shape index (κ3) is 3.35. The second-order valence-corrected chi connectivity index (χ2v) is 5.82. The summed E-state index contributed by atoms with van der Waals surface area (Å²) in [6.07, 6.45) is -0.485. The van der Waals surface area contributed by atoms with Crippen LogP contribution in [0.5, 0.6) is 0 Å². The van der Waals surface area contributed by atoms with Gasteiger partial charge in [-0.2, -0.15) is 5.26 Å². The van der Waals surface area contributed by atoms with Gasteiger partial charge in [-0.15, -0.1) is 0 Å². The van der Waals surface area contributed by atoms with Gasteiger partial charge in [-0.1, -0.05) is 18.2 Å². The molecular weight excluding hydrogens is 312 g/mol. The van der Waals surface area contributed by atoms with Crippen molar-refractivity contribution < 1.29 is 14.3 Å². The van der Waals surface area contributed by atoms with Crippen LogP contribution < -0.4 is 5.32 Å². The Kier molecular flexibility index (Phi) is 4.31. The molecule has 0 spiro atoms. The van der Waals surface area contributed by atoms with Crippen molar-refractivity contribution >= 4 is 29.3 Å². The van der Waals surface area contributed by atoms with Crippen molar-refractivity contribution in [3.63, 3.8) is 0 Å². The fourth-order valence-electron chi connectivity index (χ4n) is 2.36. The first kappa shape index (κ1) is 15.1. The van der Waals surface area contributed by atoms with E-state index in [1.165, 1.54) is 0 Å². The second kappa shape index (κ2) is 6.55. The first-order chi connectivity index (χ1) is 11.2. The van der Waals surface area contributed by atoms with Crippen molar-refractivity contribution in [2.75, 3.05) is 5.32 Å². The molecule has 5 nitrogen and oxygen atoms in total. The normalized spacial score (nSPS) is 16.0. The fourth-order valence-corrected chi connectivity index (χ4v) is 2.74. The number of esters is 1. The molecule has 0 saturated heterocycles. The summed E-state index contributed by atoms with van der Waals surface area (Å²) in [5.41, 5.74) is 1.91. The molecule has 6 heteroatoms. The van der Waals surface area contributed by atoms with E-state index in [-0.39, 0.29) is 5.91 Å². The smallest absolute Gasteiger partial charge is 0.339 e. The Morgan fingerprint density at radius 2 is 1.96 bits per heavy atom. The van der Waals surface area contributed by atoms with Crippen LogP contribution >= 0.6 is 11.8 Å². The predicted octanol–water partition coefficient (Wildman–Crippen LogP) is 2.98. The molecule has 23 heavy (non-hydrogen) atoms. The van der Waals surface area contributed by atoms with E-state index in [1.54, 1.807) is 36.4 Å². The highest BCUT2D eigenvalue weighted by Gasteiger charge is 2.30. The standard InChI is InChI=1S/C17H12N2O3S/c18-10-23-13-7-5-12(6-8-13)19-16(20)15-9-11-3-1-2-4-14(11)17(21)22-15/h1-8,15H,9H2,(H,19,20). The summed E-state index contributed by atoms with van der Waals surface area (Å²) in [6.45, 7) is 0. The summed E-state index contributed by atoms with van der Waals surface area (Å²) in [6, 6.07) is 14.0. The van der Waals surface area contributed by atoms with E-state index in [4.69, 9.17) is 10.00 Å². The summed E-state index contributed by atoms with van der Waals surface area (Å²) in [7, 11) is 0. The number of nitrogens with one attached hydrogen (secondary N) is 1. The average Bonchev–Trinajstić information content (AvgIpc) is 2.57. The number of fused-ring (bicyclic) bond motifs is 1. The van der Waals surface area contributed by atoms with Crippen molar-refractivity contribution in [3.05, 3.63) is 59.7 Å². The van der Waals surface area contributed by atoms with Crippen LogP contribution in [-0.4, -0.2) is 18.0 Å². The van der Waals surface area contributed by atoms with Gasteiger partial charge < -0.3 is 10.1 Å². The number of benzene rings is 2. The van der Waals surface area contributed by atoms with Gasteiger partial charge >= 0.3 is 5.97 Å². The molecule has 0 aliphatic carbocycles. The number of ether oxygens (including phenoxy) is 1. The number of amides is 1. The topological polar surface area (TPSA) is 79.2 Å². The Bertz CT molecular complexity index is 796. The highest BCUT2D eigenvalue weighted by Crippen LogP contribution is 2.22. The highest BCUT2D eigenvalue weighted by atomic mass is 32.2. The Morgan fingerprint density at radius 3 is 2.70 bits per heavy atom. The lowest BCUT2D eigenvalue weighted by Crippen LogP contribution is -2.37. The minimum Gasteiger partial charge on any atom is -0.448 e. The zero-order valence-corrected chi connectivity index (χ0v) is 12.8. The maximum Gasteiger partial charge on any atom is 0.339 e. The number of hydrogen-bond donors (Lipinski definition) is 1. The predicted molar refractivity (Wildman–Crippen MR) is 85.9 cm³/mol. The molecule has 0 saturated carbocycles. The number of rotatable bonds is 3. The van der Waals surface area contributed by atoms with Crippen LogP contribution in [0.1, 0.15) is 15.9 Å². The lowest BCUT2D eigenvalue weighted by molar-refractivity contribution is -0.125. The molecule has 1 unspecified atom stereocenters. The lowest BCUT2D eigenvalue weighted by Gasteiger charge is -2.23. The van der Waals surface area contributed by atoms with Crippen molar-refractivity contribution in [1.82, 2.24) is 0 Å². The molecule has 1 heterocycles. The molecule has 1 amide bonds. The third-order valence-corrected chi connectivity index (χ3v) is 4.07. The molecule has 1 aliphatic heterocycles. The quantitative estimate of drug-likeness (QED) is 0.533. The number of nitriles is 1. The number of anilines is 1. The van der Waals surface area contributed by atoms with Crippen molar-refractivity contribution in [3.8, 4) is 5.40 Å². The maximum atomic E-state index is 12.3. The number of carbonyl (C=O) groups is 2. The molecule has 2 aromatic carbocycles. The number of thiocyanates is 1. The molecule has 0 fully saturated rings. The summed E-state index contributed by atoms with van der Waals surface area (Å²) < 4.78 is 5.21. The number of thioether (sulfide) groups is 1. The van der Waals surface area contributed by atoms with Gasteiger partial charge in [0.25, 0.3) is 5.91 Å². The van der Waals surface area contributed by atoms with Crippen molar-refractivity contribution in [2.24, 2.45) is 0 Å². The molecule has 2 aromatic rings. The largest absolute Gasteiger partial charge is 0.448 e. The van der Waals surface area contributed by atoms with E-state index in [2.05, 4.69) is 5.32 Å².